The van der Waals surface area contributed by atoms with Crippen molar-refractivity contribution in [3.8, 4) is 0 Å². The third-order valence-corrected chi connectivity index (χ3v) is 5.22. The van der Waals surface area contributed by atoms with Crippen LogP contribution in [-0.4, -0.2) is 74.2 Å². The van der Waals surface area contributed by atoms with Gasteiger partial charge in [-0.25, -0.2) is 0 Å². The highest BCUT2D eigenvalue weighted by molar-refractivity contribution is 5.81. The zero-order chi connectivity index (χ0) is 15.5. The van der Waals surface area contributed by atoms with Crippen LogP contribution in [0, 0.1) is 0 Å². The van der Waals surface area contributed by atoms with Crippen LogP contribution in [0.3, 0.4) is 0 Å². The number of likely N-dealkylation sites (N-methyl/N-ethyl adjacent to an activating group) is 1. The van der Waals surface area contributed by atoms with Gasteiger partial charge in [0.25, 0.3) is 0 Å². The molecule has 0 radical (unpaired) electrons. The van der Waals surface area contributed by atoms with Gasteiger partial charge in [0.1, 0.15) is 5.54 Å². The third kappa shape index (κ3) is 3.58. The summed E-state index contributed by atoms with van der Waals surface area (Å²) in [5.74, 6) is -0.0817. The number of nitrogens with zero attached hydrogens (tertiary/aromatic N) is 2. The minimum Gasteiger partial charge on any atom is -0.468 e. The van der Waals surface area contributed by atoms with Crippen molar-refractivity contribution in [2.45, 2.75) is 56.7 Å². The van der Waals surface area contributed by atoms with Gasteiger partial charge in [0.05, 0.1) is 7.11 Å². The van der Waals surface area contributed by atoms with Crippen molar-refractivity contribution in [2.24, 2.45) is 0 Å². The van der Waals surface area contributed by atoms with Crippen LogP contribution in [-0.2, 0) is 9.53 Å². The molecule has 3 atom stereocenters. The van der Waals surface area contributed by atoms with Gasteiger partial charge >= 0.3 is 5.97 Å². The highest BCUT2D eigenvalue weighted by Crippen LogP contribution is 2.36. The molecule has 1 aliphatic carbocycles. The maximum atomic E-state index is 12.3. The first-order valence-electron chi connectivity index (χ1n) is 8.26. The maximum Gasteiger partial charge on any atom is 0.326 e. The number of ether oxygens (including phenoxy) is 1. The van der Waals surface area contributed by atoms with Crippen LogP contribution >= 0.6 is 0 Å². The first-order chi connectivity index (χ1) is 10.0. The minimum absolute atomic E-state index is 0.0817. The molecule has 2 aliphatic rings. The normalized spacial score (nSPS) is 33.8. The molecule has 1 saturated carbocycles. The molecule has 1 N–H and O–H groups in total. The highest BCUT2D eigenvalue weighted by Gasteiger charge is 2.48. The lowest BCUT2D eigenvalue weighted by atomic mass is 9.97. The van der Waals surface area contributed by atoms with Gasteiger partial charge in [-0.3, -0.25) is 9.69 Å². The van der Waals surface area contributed by atoms with Crippen LogP contribution in [0.25, 0.3) is 0 Å². The molecular weight excluding hydrogens is 266 g/mol. The Bertz CT molecular complexity index is 361. The molecule has 122 valence electrons. The summed E-state index contributed by atoms with van der Waals surface area (Å²) < 4.78 is 5.08. The average molecular weight is 297 g/mol. The second-order valence-corrected chi connectivity index (χ2v) is 6.80. The number of rotatable bonds is 6. The smallest absolute Gasteiger partial charge is 0.326 e. The third-order valence-electron chi connectivity index (χ3n) is 5.22. The Labute approximate surface area is 129 Å². The van der Waals surface area contributed by atoms with E-state index in [4.69, 9.17) is 4.74 Å². The summed E-state index contributed by atoms with van der Waals surface area (Å²) in [5.41, 5.74) is -0.453. The topological polar surface area (TPSA) is 44.8 Å². The number of nitrogens with one attached hydrogen (secondary N) is 1. The molecule has 2 rings (SSSR count). The van der Waals surface area contributed by atoms with Crippen molar-refractivity contribution < 1.29 is 9.53 Å². The van der Waals surface area contributed by atoms with E-state index in [2.05, 4.69) is 36.1 Å². The van der Waals surface area contributed by atoms with Crippen LogP contribution in [0.15, 0.2) is 0 Å². The molecular formula is C16H31N3O2. The zero-order valence-corrected chi connectivity index (χ0v) is 14.0. The van der Waals surface area contributed by atoms with Crippen molar-refractivity contribution in [2.75, 3.05) is 40.8 Å². The molecule has 5 nitrogen and oxygen atoms in total. The van der Waals surface area contributed by atoms with E-state index >= 15 is 0 Å². The lowest BCUT2D eigenvalue weighted by Gasteiger charge is -2.30. The number of methoxy groups -OCH3 is 1. The molecule has 0 aromatic heterocycles. The van der Waals surface area contributed by atoms with Crippen LogP contribution < -0.4 is 5.32 Å². The predicted molar refractivity (Wildman–Crippen MR) is 84.3 cm³/mol. The highest BCUT2D eigenvalue weighted by atomic mass is 16.5. The van der Waals surface area contributed by atoms with Gasteiger partial charge in [-0.15, -0.1) is 0 Å². The molecule has 21 heavy (non-hydrogen) atoms. The van der Waals surface area contributed by atoms with Gasteiger partial charge in [-0.2, -0.15) is 0 Å². The van der Waals surface area contributed by atoms with E-state index in [9.17, 15) is 4.79 Å². The molecule has 1 heterocycles. The standard InChI is InChI=1S/C16H31N3O2/c1-5-9-17-16(15(20)21-4)8-6-13(11-16)19-10-7-14(12-19)18(2)3/h13-14,17H,5-12H2,1-4H3. The zero-order valence-electron chi connectivity index (χ0n) is 14.0. The van der Waals surface area contributed by atoms with Crippen LogP contribution in [0.4, 0.5) is 0 Å². The van der Waals surface area contributed by atoms with Crippen molar-refractivity contribution in [1.82, 2.24) is 15.1 Å². The van der Waals surface area contributed by atoms with Gasteiger partial charge in [0.15, 0.2) is 0 Å². The van der Waals surface area contributed by atoms with E-state index in [1.165, 1.54) is 13.5 Å². The SMILES string of the molecule is CCCNC1(C(=O)OC)CCC(N2CCC(N(C)C)C2)C1. The number of hydrogen-bond acceptors (Lipinski definition) is 5. The summed E-state index contributed by atoms with van der Waals surface area (Å²) in [6, 6.07) is 1.17. The van der Waals surface area contributed by atoms with Gasteiger partial charge in [0, 0.05) is 25.2 Å². The molecule has 5 heteroatoms. The number of hydrogen-bond donors (Lipinski definition) is 1. The van der Waals surface area contributed by atoms with E-state index in [1.54, 1.807) is 0 Å². The summed E-state index contributed by atoms with van der Waals surface area (Å²) in [7, 11) is 5.82. The molecule has 0 aromatic rings. The summed E-state index contributed by atoms with van der Waals surface area (Å²) in [6.07, 6.45) is 5.15. The summed E-state index contributed by atoms with van der Waals surface area (Å²) in [6.45, 7) is 5.29. The Balaban J connectivity index is 1.98. The predicted octanol–water partition coefficient (Wildman–Crippen LogP) is 1.09. The number of esters is 1. The van der Waals surface area contributed by atoms with Crippen molar-refractivity contribution in [1.29, 1.82) is 0 Å². The van der Waals surface area contributed by atoms with E-state index in [0.29, 0.717) is 12.1 Å². The Morgan fingerprint density at radius 1 is 1.43 bits per heavy atom. The lowest BCUT2D eigenvalue weighted by molar-refractivity contribution is -0.148. The summed E-state index contributed by atoms with van der Waals surface area (Å²) in [5, 5.41) is 3.47. The quantitative estimate of drug-likeness (QED) is 0.744. The average Bonchev–Trinajstić information content (AvgIpc) is 3.11. The van der Waals surface area contributed by atoms with Crippen LogP contribution in [0.1, 0.15) is 39.0 Å². The summed E-state index contributed by atoms with van der Waals surface area (Å²) >= 11 is 0. The maximum absolute atomic E-state index is 12.3. The van der Waals surface area contributed by atoms with Crippen LogP contribution in [0.2, 0.25) is 0 Å². The molecule has 2 fully saturated rings. The molecule has 0 amide bonds. The first-order valence-corrected chi connectivity index (χ1v) is 8.26. The molecule has 1 aliphatic heterocycles. The molecule has 0 spiro atoms. The first kappa shape index (κ1) is 16.7. The lowest BCUT2D eigenvalue weighted by Crippen LogP contribution is -2.52. The Morgan fingerprint density at radius 2 is 2.19 bits per heavy atom. The van der Waals surface area contributed by atoms with Gasteiger partial charge in [-0.05, 0) is 52.7 Å². The minimum atomic E-state index is -0.453. The molecule has 0 bridgehead atoms. The second-order valence-electron chi connectivity index (χ2n) is 6.80. The molecule has 1 saturated heterocycles. The van der Waals surface area contributed by atoms with Gasteiger partial charge < -0.3 is 15.0 Å². The second kappa shape index (κ2) is 7.07. The largest absolute Gasteiger partial charge is 0.468 e. The number of carbonyl (C=O) groups excluding carboxylic acids is 1. The van der Waals surface area contributed by atoms with Crippen LogP contribution in [0.5, 0.6) is 0 Å². The van der Waals surface area contributed by atoms with E-state index in [0.717, 1.165) is 45.3 Å². The number of likely N-dealkylation sites (tertiary alicyclic amines) is 1. The van der Waals surface area contributed by atoms with Crippen molar-refractivity contribution >= 4 is 5.97 Å². The number of carbonyl (C=O) groups is 1. The molecule has 0 aromatic carbocycles. The Kier molecular flexibility index (Phi) is 5.63. The van der Waals surface area contributed by atoms with E-state index in [-0.39, 0.29) is 5.97 Å². The summed E-state index contributed by atoms with van der Waals surface area (Å²) in [4.78, 5) is 17.2. The van der Waals surface area contributed by atoms with Crippen molar-refractivity contribution in [3.63, 3.8) is 0 Å². The van der Waals surface area contributed by atoms with E-state index < -0.39 is 5.54 Å². The monoisotopic (exact) mass is 297 g/mol. The fraction of sp³-hybridized carbons (Fsp3) is 0.938. The molecule has 3 unspecified atom stereocenters. The van der Waals surface area contributed by atoms with Crippen molar-refractivity contribution in [3.05, 3.63) is 0 Å². The van der Waals surface area contributed by atoms with E-state index in [1.807, 2.05) is 0 Å². The van der Waals surface area contributed by atoms with Gasteiger partial charge in [0.2, 0.25) is 0 Å². The Hall–Kier alpha value is -0.650. The van der Waals surface area contributed by atoms with Gasteiger partial charge in [-0.1, -0.05) is 6.92 Å². The fourth-order valence-electron chi connectivity index (χ4n) is 3.83. The fourth-order valence-corrected chi connectivity index (χ4v) is 3.83. The Morgan fingerprint density at radius 3 is 2.76 bits per heavy atom.